The van der Waals surface area contributed by atoms with E-state index in [2.05, 4.69) is 25.2 Å². The zero-order valence-corrected chi connectivity index (χ0v) is 17.2. The van der Waals surface area contributed by atoms with Crippen molar-refractivity contribution in [2.75, 3.05) is 42.3 Å². The Hall–Kier alpha value is -3.49. The molecule has 0 radical (unpaired) electrons. The van der Waals surface area contributed by atoms with Gasteiger partial charge in [0, 0.05) is 27.2 Å². The largest absolute Gasteiger partial charge is 0.361 e. The summed E-state index contributed by atoms with van der Waals surface area (Å²) >= 11 is 0. The van der Waals surface area contributed by atoms with Crippen LogP contribution in [0.5, 0.6) is 0 Å². The summed E-state index contributed by atoms with van der Waals surface area (Å²) in [6, 6.07) is 7.07. The van der Waals surface area contributed by atoms with Crippen LogP contribution in [0.1, 0.15) is 19.3 Å². The number of piperidine rings is 1. The Kier molecular flexibility index (Phi) is 5.60. The number of carbonyl (C=O) groups is 1. The van der Waals surface area contributed by atoms with E-state index < -0.39 is 0 Å². The molecule has 3 aromatic rings. The number of para-hydroxylation sites is 1. The summed E-state index contributed by atoms with van der Waals surface area (Å²) in [5.74, 6) is 0.959. The zero-order chi connectivity index (χ0) is 21.1. The van der Waals surface area contributed by atoms with E-state index in [0.717, 1.165) is 25.9 Å². The first-order valence-corrected chi connectivity index (χ1v) is 10.1. The van der Waals surface area contributed by atoms with Crippen molar-refractivity contribution in [3.05, 3.63) is 47.1 Å². The van der Waals surface area contributed by atoms with E-state index in [-0.39, 0.29) is 18.0 Å². The van der Waals surface area contributed by atoms with Crippen molar-refractivity contribution in [1.29, 1.82) is 0 Å². The van der Waals surface area contributed by atoms with Crippen molar-refractivity contribution < 1.29 is 4.79 Å². The lowest BCUT2D eigenvalue weighted by atomic mass is 10.1. The Bertz CT molecular complexity index is 1120. The molecule has 1 aliphatic heterocycles. The molecule has 1 saturated heterocycles. The van der Waals surface area contributed by atoms with Gasteiger partial charge in [-0.2, -0.15) is 4.98 Å². The van der Waals surface area contributed by atoms with E-state index >= 15 is 0 Å². The number of anilines is 3. The average Bonchev–Trinajstić information content (AvgIpc) is 2.76. The first-order chi connectivity index (χ1) is 14.5. The number of benzene rings is 1. The van der Waals surface area contributed by atoms with Crippen LogP contribution < -0.4 is 20.7 Å². The highest BCUT2D eigenvalue weighted by atomic mass is 16.2. The monoisotopic (exact) mass is 407 g/mol. The number of nitrogens with one attached hydrogen (secondary N) is 1. The van der Waals surface area contributed by atoms with Gasteiger partial charge in [-0.15, -0.1) is 0 Å². The Labute approximate surface area is 174 Å². The third-order valence-corrected chi connectivity index (χ3v) is 5.14. The molecule has 9 nitrogen and oxygen atoms in total. The molecule has 1 fully saturated rings. The molecular formula is C21H25N7O2. The first kappa shape index (κ1) is 19.8. The van der Waals surface area contributed by atoms with Gasteiger partial charge in [0.1, 0.15) is 12.2 Å². The lowest BCUT2D eigenvalue weighted by Gasteiger charge is -2.28. The Balaban J connectivity index is 1.54. The molecule has 1 aromatic carbocycles. The van der Waals surface area contributed by atoms with Crippen LogP contribution in [0.3, 0.4) is 0 Å². The molecule has 0 aliphatic carbocycles. The second-order valence-electron chi connectivity index (χ2n) is 7.59. The Morgan fingerprint density at radius 3 is 2.67 bits per heavy atom. The lowest BCUT2D eigenvalue weighted by Crippen LogP contribution is -2.32. The van der Waals surface area contributed by atoms with E-state index in [4.69, 9.17) is 0 Å². The molecule has 0 atom stereocenters. The molecule has 1 amide bonds. The number of rotatable bonds is 5. The minimum absolute atomic E-state index is 0.141. The molecule has 0 unspecified atom stereocenters. The highest BCUT2D eigenvalue weighted by molar-refractivity contribution is 5.93. The predicted octanol–water partition coefficient (Wildman–Crippen LogP) is 1.88. The maximum atomic E-state index is 12.6. The molecule has 0 saturated carbocycles. The van der Waals surface area contributed by atoms with Gasteiger partial charge in [0.15, 0.2) is 5.82 Å². The molecule has 30 heavy (non-hydrogen) atoms. The predicted molar refractivity (Wildman–Crippen MR) is 117 cm³/mol. The van der Waals surface area contributed by atoms with Crippen LogP contribution in [0.4, 0.5) is 17.5 Å². The van der Waals surface area contributed by atoms with Crippen molar-refractivity contribution in [3.63, 3.8) is 0 Å². The minimum atomic E-state index is -0.341. The maximum Gasteiger partial charge on any atom is 0.261 e. The summed E-state index contributed by atoms with van der Waals surface area (Å²) in [7, 11) is 3.74. The molecule has 9 heteroatoms. The van der Waals surface area contributed by atoms with Crippen LogP contribution in [0.25, 0.3) is 10.9 Å². The second kappa shape index (κ2) is 8.48. The number of aromatic nitrogens is 4. The number of amides is 1. The van der Waals surface area contributed by atoms with Crippen molar-refractivity contribution in [1.82, 2.24) is 19.5 Å². The number of hydrogen-bond donors (Lipinski definition) is 1. The molecule has 3 heterocycles. The third kappa shape index (κ3) is 4.10. The normalized spacial score (nSPS) is 14.0. The van der Waals surface area contributed by atoms with E-state index in [1.54, 1.807) is 24.4 Å². The van der Waals surface area contributed by atoms with Crippen molar-refractivity contribution in [2.45, 2.75) is 25.8 Å². The average molecular weight is 407 g/mol. The molecule has 1 N–H and O–H groups in total. The summed E-state index contributed by atoms with van der Waals surface area (Å²) in [5.41, 5.74) is 0.864. The van der Waals surface area contributed by atoms with Gasteiger partial charge in [0.05, 0.1) is 23.4 Å². The van der Waals surface area contributed by atoms with Gasteiger partial charge >= 0.3 is 0 Å². The first-order valence-electron chi connectivity index (χ1n) is 10.1. The summed E-state index contributed by atoms with van der Waals surface area (Å²) < 4.78 is 1.30. The van der Waals surface area contributed by atoms with Crippen LogP contribution >= 0.6 is 0 Å². The maximum absolute atomic E-state index is 12.6. The molecule has 0 bridgehead atoms. The number of fused-ring (bicyclic) bond motifs is 1. The van der Waals surface area contributed by atoms with E-state index in [9.17, 15) is 9.59 Å². The van der Waals surface area contributed by atoms with Gasteiger partial charge in [-0.3, -0.25) is 14.2 Å². The van der Waals surface area contributed by atoms with Gasteiger partial charge < -0.3 is 15.1 Å². The third-order valence-electron chi connectivity index (χ3n) is 5.14. The summed E-state index contributed by atoms with van der Waals surface area (Å²) in [6.07, 6.45) is 6.52. The van der Waals surface area contributed by atoms with Gasteiger partial charge in [-0.25, -0.2) is 9.97 Å². The van der Waals surface area contributed by atoms with Gasteiger partial charge in [0.25, 0.3) is 5.56 Å². The van der Waals surface area contributed by atoms with Crippen molar-refractivity contribution in [3.8, 4) is 0 Å². The molecule has 156 valence electrons. The van der Waals surface area contributed by atoms with E-state index in [0.29, 0.717) is 28.4 Å². The smallest absolute Gasteiger partial charge is 0.261 e. The molecule has 1 aliphatic rings. The second-order valence-corrected chi connectivity index (χ2v) is 7.59. The fourth-order valence-electron chi connectivity index (χ4n) is 3.60. The molecule has 2 aromatic heterocycles. The van der Waals surface area contributed by atoms with Crippen LogP contribution in [0.15, 0.2) is 41.6 Å². The van der Waals surface area contributed by atoms with Crippen LogP contribution in [0, 0.1) is 0 Å². The summed E-state index contributed by atoms with van der Waals surface area (Å²) in [5, 5.41) is 3.32. The Morgan fingerprint density at radius 1 is 1.13 bits per heavy atom. The van der Waals surface area contributed by atoms with E-state index in [1.165, 1.54) is 17.3 Å². The van der Waals surface area contributed by atoms with Gasteiger partial charge in [0.2, 0.25) is 11.9 Å². The summed E-state index contributed by atoms with van der Waals surface area (Å²) in [4.78, 5) is 42.6. The van der Waals surface area contributed by atoms with Gasteiger partial charge in [-0.1, -0.05) is 12.1 Å². The fraction of sp³-hybridized carbons (Fsp3) is 0.381. The van der Waals surface area contributed by atoms with Gasteiger partial charge in [-0.05, 0) is 31.4 Å². The molecule has 4 rings (SSSR count). The van der Waals surface area contributed by atoms with Crippen molar-refractivity contribution >= 4 is 34.3 Å². The zero-order valence-electron chi connectivity index (χ0n) is 17.2. The van der Waals surface area contributed by atoms with Crippen LogP contribution in [0.2, 0.25) is 0 Å². The number of carbonyl (C=O) groups excluding carboxylic acids is 1. The highest BCUT2D eigenvalue weighted by Crippen LogP contribution is 2.25. The van der Waals surface area contributed by atoms with E-state index in [1.807, 2.05) is 25.1 Å². The quantitative estimate of drug-likeness (QED) is 0.690. The number of hydrogen-bond acceptors (Lipinski definition) is 7. The Morgan fingerprint density at radius 2 is 1.90 bits per heavy atom. The highest BCUT2D eigenvalue weighted by Gasteiger charge is 2.18. The topological polar surface area (TPSA) is 96.2 Å². The number of nitrogens with zero attached hydrogens (tertiary/aromatic N) is 6. The minimum Gasteiger partial charge on any atom is -0.361 e. The van der Waals surface area contributed by atoms with Crippen LogP contribution in [-0.2, 0) is 11.3 Å². The lowest BCUT2D eigenvalue weighted by molar-refractivity contribution is -0.116. The SMILES string of the molecule is CN(C)c1nc(N2CCCCC2)ncc1NC(=O)Cn1cnc2ccccc2c1=O. The standard InChI is InChI=1S/C21H25N7O2/c1-26(2)19-17(12-22-21(25-19)27-10-6-3-7-11-27)24-18(29)13-28-14-23-16-9-5-4-8-15(16)20(28)30/h4-5,8-9,12,14H,3,6-7,10-11,13H2,1-2H3,(H,24,29). The molecular weight excluding hydrogens is 382 g/mol. The molecule has 0 spiro atoms. The fourth-order valence-corrected chi connectivity index (χ4v) is 3.60. The van der Waals surface area contributed by atoms with Crippen LogP contribution in [-0.4, -0.2) is 52.6 Å². The van der Waals surface area contributed by atoms with Crippen molar-refractivity contribution in [2.24, 2.45) is 0 Å². The summed E-state index contributed by atoms with van der Waals surface area (Å²) in [6.45, 7) is 1.74.